The zero-order valence-electron chi connectivity index (χ0n) is 15.1. The van der Waals surface area contributed by atoms with Crippen LogP contribution in [0.15, 0.2) is 54.6 Å². The van der Waals surface area contributed by atoms with Gasteiger partial charge < -0.3 is 4.74 Å². The number of nitrogens with zero attached hydrogens (tertiary/aromatic N) is 1. The lowest BCUT2D eigenvalue weighted by Crippen LogP contribution is -2.43. The molecule has 0 radical (unpaired) electrons. The van der Waals surface area contributed by atoms with Gasteiger partial charge in [-0.1, -0.05) is 36.4 Å². The normalized spacial score (nSPS) is 21.6. The predicted molar refractivity (Wildman–Crippen MR) is 99.2 cm³/mol. The number of cyclic esters (lactones) is 1. The maximum Gasteiger partial charge on any atom is 0.416 e. The quantitative estimate of drug-likeness (QED) is 0.789. The van der Waals surface area contributed by atoms with Crippen LogP contribution in [0.25, 0.3) is 5.57 Å². The number of ether oxygens (including phenoxy) is 1. The Hall–Kier alpha value is -3.02. The molecule has 1 heterocycles. The summed E-state index contributed by atoms with van der Waals surface area (Å²) in [7, 11) is 0. The second kappa shape index (κ2) is 7.54. The number of allylic oxidation sites excluding steroid dienone is 2. The van der Waals surface area contributed by atoms with Crippen LogP contribution in [0.4, 0.5) is 13.6 Å². The van der Waals surface area contributed by atoms with E-state index >= 15 is 0 Å². The summed E-state index contributed by atoms with van der Waals surface area (Å²) in [6.07, 6.45) is 2.40. The van der Waals surface area contributed by atoms with Gasteiger partial charge in [-0.2, -0.15) is 0 Å². The Morgan fingerprint density at radius 1 is 1.14 bits per heavy atom. The topological polar surface area (TPSA) is 46.6 Å². The predicted octanol–water partition coefficient (Wildman–Crippen LogP) is 4.35. The average molecular weight is 383 g/mol. The molecule has 28 heavy (non-hydrogen) atoms. The fraction of sp³-hybridized carbons (Fsp3) is 0.273. The highest BCUT2D eigenvalue weighted by atomic mass is 19.1. The minimum atomic E-state index is -0.651. The third-order valence-corrected chi connectivity index (χ3v) is 5.25. The summed E-state index contributed by atoms with van der Waals surface area (Å²) in [5.74, 6) is -2.06. The van der Waals surface area contributed by atoms with Gasteiger partial charge in [0.15, 0.2) is 0 Å². The Morgan fingerprint density at radius 3 is 2.68 bits per heavy atom. The van der Waals surface area contributed by atoms with Crippen molar-refractivity contribution in [3.8, 4) is 0 Å². The first-order chi connectivity index (χ1) is 13.5. The molecule has 1 saturated heterocycles. The zero-order chi connectivity index (χ0) is 19.7. The van der Waals surface area contributed by atoms with Gasteiger partial charge in [0.1, 0.15) is 18.2 Å². The number of rotatable bonds is 4. The monoisotopic (exact) mass is 383 g/mol. The highest BCUT2D eigenvalue weighted by Crippen LogP contribution is 2.36. The molecular formula is C22H19F2NO3. The summed E-state index contributed by atoms with van der Waals surface area (Å²) in [5.41, 5.74) is 1.96. The standard InChI is InChI=1S/C22H19F2NO3/c23-17-8-9-19(20(24)12-17)15-6-7-16(11-15)21(26)25-18(13-28-22(25)27)10-14-4-2-1-3-5-14/h1-6,8-9,12,16,18H,7,10-11,13H2/t16-,18-/m1/s1. The molecule has 2 aromatic carbocycles. The lowest BCUT2D eigenvalue weighted by atomic mass is 9.98. The smallest absolute Gasteiger partial charge is 0.416 e. The summed E-state index contributed by atoms with van der Waals surface area (Å²) in [6.45, 7) is 0.166. The first kappa shape index (κ1) is 18.3. The van der Waals surface area contributed by atoms with Crippen molar-refractivity contribution in [2.45, 2.75) is 25.3 Å². The highest BCUT2D eigenvalue weighted by molar-refractivity contribution is 5.96. The Labute approximate surface area is 161 Å². The van der Waals surface area contributed by atoms with E-state index in [9.17, 15) is 18.4 Å². The number of benzene rings is 2. The molecule has 0 spiro atoms. The minimum Gasteiger partial charge on any atom is -0.447 e. The highest BCUT2D eigenvalue weighted by Gasteiger charge is 2.41. The SMILES string of the molecule is O=C1OC[C@@H](Cc2ccccc2)N1C(=O)[C@@H]1CC=C(c2ccc(F)cc2F)C1. The number of amides is 2. The molecule has 1 aliphatic carbocycles. The molecule has 4 rings (SSSR count). The van der Waals surface area contributed by atoms with Crippen LogP contribution in [-0.4, -0.2) is 29.5 Å². The van der Waals surface area contributed by atoms with Gasteiger partial charge in [0, 0.05) is 17.5 Å². The van der Waals surface area contributed by atoms with Crippen molar-refractivity contribution in [2.24, 2.45) is 5.92 Å². The molecule has 6 heteroatoms. The molecular weight excluding hydrogens is 364 g/mol. The molecule has 0 N–H and O–H groups in total. The Bertz CT molecular complexity index is 942. The second-order valence-electron chi connectivity index (χ2n) is 7.12. The van der Waals surface area contributed by atoms with Gasteiger partial charge >= 0.3 is 6.09 Å². The van der Waals surface area contributed by atoms with Crippen LogP contribution in [0.2, 0.25) is 0 Å². The fourth-order valence-corrected chi connectivity index (χ4v) is 3.84. The summed E-state index contributed by atoms with van der Waals surface area (Å²) < 4.78 is 32.3. The van der Waals surface area contributed by atoms with Crippen LogP contribution in [0, 0.1) is 17.6 Å². The van der Waals surface area contributed by atoms with Crippen LogP contribution in [0.3, 0.4) is 0 Å². The first-order valence-electron chi connectivity index (χ1n) is 9.21. The first-order valence-corrected chi connectivity index (χ1v) is 9.21. The number of hydrogen-bond acceptors (Lipinski definition) is 3. The molecule has 2 atom stereocenters. The Kier molecular flexibility index (Phi) is 4.94. The van der Waals surface area contributed by atoms with Gasteiger partial charge in [-0.3, -0.25) is 4.79 Å². The summed E-state index contributed by atoms with van der Waals surface area (Å²) in [6, 6.07) is 12.7. The van der Waals surface area contributed by atoms with Gasteiger partial charge in [0.25, 0.3) is 0 Å². The molecule has 2 aliphatic rings. The van der Waals surface area contributed by atoms with Gasteiger partial charge in [0.05, 0.1) is 6.04 Å². The van der Waals surface area contributed by atoms with Crippen LogP contribution in [-0.2, 0) is 16.0 Å². The van der Waals surface area contributed by atoms with E-state index in [0.717, 1.165) is 11.6 Å². The third kappa shape index (κ3) is 3.54. The average Bonchev–Trinajstić information content (AvgIpc) is 3.30. The Morgan fingerprint density at radius 2 is 1.93 bits per heavy atom. The van der Waals surface area contributed by atoms with Crippen molar-refractivity contribution < 1.29 is 23.1 Å². The van der Waals surface area contributed by atoms with Gasteiger partial charge in [0.2, 0.25) is 5.91 Å². The van der Waals surface area contributed by atoms with Crippen LogP contribution >= 0.6 is 0 Å². The lowest BCUT2D eigenvalue weighted by Gasteiger charge is -2.23. The van der Waals surface area contributed by atoms with E-state index in [0.29, 0.717) is 30.4 Å². The summed E-state index contributed by atoms with van der Waals surface area (Å²) >= 11 is 0. The van der Waals surface area contributed by atoms with Crippen LogP contribution < -0.4 is 0 Å². The van der Waals surface area contributed by atoms with Crippen molar-refractivity contribution in [2.75, 3.05) is 6.61 Å². The van der Waals surface area contributed by atoms with Crippen LogP contribution in [0.5, 0.6) is 0 Å². The van der Waals surface area contributed by atoms with E-state index in [1.54, 1.807) is 6.08 Å². The fourth-order valence-electron chi connectivity index (χ4n) is 3.84. The number of carbonyl (C=O) groups is 2. The van der Waals surface area contributed by atoms with E-state index in [-0.39, 0.29) is 18.6 Å². The van der Waals surface area contributed by atoms with Crippen molar-refractivity contribution in [3.63, 3.8) is 0 Å². The molecule has 4 nitrogen and oxygen atoms in total. The number of carbonyl (C=O) groups excluding carboxylic acids is 2. The van der Waals surface area contributed by atoms with Gasteiger partial charge in [-0.05, 0) is 42.5 Å². The molecule has 2 amide bonds. The van der Waals surface area contributed by atoms with E-state index in [2.05, 4.69) is 0 Å². The lowest BCUT2D eigenvalue weighted by molar-refractivity contribution is -0.133. The Balaban J connectivity index is 1.47. The zero-order valence-corrected chi connectivity index (χ0v) is 15.1. The van der Waals surface area contributed by atoms with Crippen molar-refractivity contribution in [1.29, 1.82) is 0 Å². The molecule has 0 aromatic heterocycles. The maximum atomic E-state index is 14.0. The van der Waals surface area contributed by atoms with Gasteiger partial charge in [-0.15, -0.1) is 0 Å². The largest absolute Gasteiger partial charge is 0.447 e. The van der Waals surface area contributed by atoms with Crippen molar-refractivity contribution in [1.82, 2.24) is 4.90 Å². The molecule has 1 fully saturated rings. The van der Waals surface area contributed by atoms with Gasteiger partial charge in [-0.25, -0.2) is 18.5 Å². The molecule has 1 aliphatic heterocycles. The van der Waals surface area contributed by atoms with Crippen molar-refractivity contribution >= 4 is 17.6 Å². The van der Waals surface area contributed by atoms with E-state index in [1.807, 2.05) is 30.3 Å². The van der Waals surface area contributed by atoms with E-state index < -0.39 is 23.6 Å². The molecule has 0 bridgehead atoms. The molecule has 0 unspecified atom stereocenters. The number of halogens is 2. The summed E-state index contributed by atoms with van der Waals surface area (Å²) in [5, 5.41) is 0. The maximum absolute atomic E-state index is 14.0. The minimum absolute atomic E-state index is 0.166. The van der Waals surface area contributed by atoms with E-state index in [4.69, 9.17) is 4.74 Å². The second-order valence-corrected chi connectivity index (χ2v) is 7.12. The third-order valence-electron chi connectivity index (χ3n) is 5.25. The molecule has 2 aromatic rings. The van der Waals surface area contributed by atoms with Crippen molar-refractivity contribution in [3.05, 3.63) is 77.4 Å². The molecule has 0 saturated carbocycles. The van der Waals surface area contributed by atoms with Crippen LogP contribution in [0.1, 0.15) is 24.0 Å². The number of imide groups is 1. The van der Waals surface area contributed by atoms with E-state index in [1.165, 1.54) is 17.0 Å². The summed E-state index contributed by atoms with van der Waals surface area (Å²) in [4.78, 5) is 26.4. The number of hydrogen-bond donors (Lipinski definition) is 0. The molecule has 144 valence electrons.